The minimum atomic E-state index is 0.586. The van der Waals surface area contributed by atoms with Crippen LogP contribution in [0.2, 0.25) is 5.02 Å². The summed E-state index contributed by atoms with van der Waals surface area (Å²) in [5.41, 5.74) is 2.26. The van der Waals surface area contributed by atoms with Crippen LogP contribution in [-0.2, 0) is 13.0 Å². The van der Waals surface area contributed by atoms with Crippen LogP contribution < -0.4 is 19.5 Å². The van der Waals surface area contributed by atoms with Crippen LogP contribution in [0.1, 0.15) is 18.1 Å². The lowest BCUT2D eigenvalue weighted by molar-refractivity contribution is 0.310. The highest BCUT2D eigenvalue weighted by Gasteiger charge is 2.10. The average Bonchev–Trinajstić information content (AvgIpc) is 2.61. The molecular formula is C19H24ClNO3. The first-order valence-electron chi connectivity index (χ1n) is 8.00. The molecule has 0 atom stereocenters. The van der Waals surface area contributed by atoms with Gasteiger partial charge in [0.1, 0.15) is 5.75 Å². The van der Waals surface area contributed by atoms with Crippen molar-refractivity contribution in [1.29, 1.82) is 0 Å². The van der Waals surface area contributed by atoms with Crippen LogP contribution in [-0.4, -0.2) is 27.4 Å². The van der Waals surface area contributed by atoms with Gasteiger partial charge in [0.2, 0.25) is 0 Å². The van der Waals surface area contributed by atoms with E-state index in [-0.39, 0.29) is 0 Å². The molecule has 2 aromatic carbocycles. The SMILES string of the molecule is CCOc1cc(CNCCc2ccc(OC)cc2)c(Cl)cc1OC. The van der Waals surface area contributed by atoms with E-state index >= 15 is 0 Å². The van der Waals surface area contributed by atoms with Crippen molar-refractivity contribution in [2.75, 3.05) is 27.4 Å². The van der Waals surface area contributed by atoms with Crippen LogP contribution in [0.15, 0.2) is 36.4 Å². The molecule has 0 amide bonds. The van der Waals surface area contributed by atoms with Crippen LogP contribution >= 0.6 is 11.6 Å². The Morgan fingerprint density at radius 3 is 2.38 bits per heavy atom. The van der Waals surface area contributed by atoms with E-state index in [4.69, 9.17) is 25.8 Å². The molecule has 1 N–H and O–H groups in total. The highest BCUT2D eigenvalue weighted by molar-refractivity contribution is 6.31. The summed E-state index contributed by atoms with van der Waals surface area (Å²) in [5.74, 6) is 2.25. The fourth-order valence-corrected chi connectivity index (χ4v) is 2.61. The predicted octanol–water partition coefficient (Wildman–Crippen LogP) is 4.09. The molecular weight excluding hydrogens is 326 g/mol. The molecule has 0 aliphatic heterocycles. The van der Waals surface area contributed by atoms with Crippen molar-refractivity contribution in [3.8, 4) is 17.2 Å². The van der Waals surface area contributed by atoms with Gasteiger partial charge in [-0.25, -0.2) is 0 Å². The van der Waals surface area contributed by atoms with Gasteiger partial charge in [-0.3, -0.25) is 0 Å². The summed E-state index contributed by atoms with van der Waals surface area (Å²) in [6.45, 7) is 4.07. The molecule has 24 heavy (non-hydrogen) atoms. The molecule has 0 aliphatic rings. The van der Waals surface area contributed by atoms with Gasteiger partial charge in [0.15, 0.2) is 11.5 Å². The fraction of sp³-hybridized carbons (Fsp3) is 0.368. The Morgan fingerprint density at radius 2 is 1.75 bits per heavy atom. The second-order valence-corrected chi connectivity index (χ2v) is 5.71. The standard InChI is InChI=1S/C19H24ClNO3/c1-4-24-19-11-15(17(20)12-18(19)23-3)13-21-10-9-14-5-7-16(22-2)8-6-14/h5-8,11-12,21H,4,9-10,13H2,1-3H3. The van der Waals surface area contributed by atoms with Crippen molar-refractivity contribution >= 4 is 11.6 Å². The van der Waals surface area contributed by atoms with Gasteiger partial charge in [-0.15, -0.1) is 0 Å². The maximum Gasteiger partial charge on any atom is 0.162 e. The number of benzene rings is 2. The Labute approximate surface area is 148 Å². The molecule has 0 unspecified atom stereocenters. The van der Waals surface area contributed by atoms with Crippen LogP contribution in [0.5, 0.6) is 17.2 Å². The van der Waals surface area contributed by atoms with E-state index in [1.807, 2.05) is 25.1 Å². The summed E-state index contributed by atoms with van der Waals surface area (Å²) in [6, 6.07) is 11.8. The lowest BCUT2D eigenvalue weighted by atomic mass is 10.1. The van der Waals surface area contributed by atoms with Gasteiger partial charge in [0.05, 0.1) is 20.8 Å². The van der Waals surface area contributed by atoms with E-state index in [9.17, 15) is 0 Å². The Kier molecular flexibility index (Phi) is 7.22. The van der Waals surface area contributed by atoms with Gasteiger partial charge in [-0.1, -0.05) is 23.7 Å². The van der Waals surface area contributed by atoms with Crippen molar-refractivity contribution in [2.24, 2.45) is 0 Å². The Hall–Kier alpha value is -1.91. The molecule has 0 bridgehead atoms. The van der Waals surface area contributed by atoms with Crippen LogP contribution in [0.4, 0.5) is 0 Å². The van der Waals surface area contributed by atoms with Crippen molar-refractivity contribution in [3.05, 3.63) is 52.5 Å². The zero-order valence-electron chi connectivity index (χ0n) is 14.4. The third kappa shape index (κ3) is 5.05. The van der Waals surface area contributed by atoms with E-state index < -0.39 is 0 Å². The molecule has 0 aliphatic carbocycles. The maximum atomic E-state index is 6.32. The van der Waals surface area contributed by atoms with Gasteiger partial charge >= 0.3 is 0 Å². The fourth-order valence-electron chi connectivity index (χ4n) is 2.39. The topological polar surface area (TPSA) is 39.7 Å². The van der Waals surface area contributed by atoms with Gasteiger partial charge in [0.25, 0.3) is 0 Å². The Bertz CT molecular complexity index is 644. The number of halogens is 1. The molecule has 5 heteroatoms. The molecule has 0 saturated heterocycles. The molecule has 0 fully saturated rings. The van der Waals surface area contributed by atoms with E-state index in [1.54, 1.807) is 20.3 Å². The van der Waals surface area contributed by atoms with Crippen molar-refractivity contribution in [3.63, 3.8) is 0 Å². The summed E-state index contributed by atoms with van der Waals surface area (Å²) in [6.07, 6.45) is 0.941. The number of methoxy groups -OCH3 is 2. The van der Waals surface area contributed by atoms with Crippen LogP contribution in [0.25, 0.3) is 0 Å². The third-order valence-electron chi connectivity index (χ3n) is 3.70. The molecule has 0 heterocycles. The Morgan fingerprint density at radius 1 is 1.00 bits per heavy atom. The van der Waals surface area contributed by atoms with Gasteiger partial charge in [0, 0.05) is 17.6 Å². The second-order valence-electron chi connectivity index (χ2n) is 5.30. The monoisotopic (exact) mass is 349 g/mol. The number of hydrogen-bond acceptors (Lipinski definition) is 4. The highest BCUT2D eigenvalue weighted by atomic mass is 35.5. The number of rotatable bonds is 9. The van der Waals surface area contributed by atoms with E-state index in [0.717, 1.165) is 30.0 Å². The highest BCUT2D eigenvalue weighted by Crippen LogP contribution is 2.33. The quantitative estimate of drug-likeness (QED) is 0.692. The number of ether oxygens (including phenoxy) is 3. The molecule has 0 radical (unpaired) electrons. The van der Waals surface area contributed by atoms with Crippen molar-refractivity contribution in [2.45, 2.75) is 19.9 Å². The number of nitrogens with one attached hydrogen (secondary N) is 1. The smallest absolute Gasteiger partial charge is 0.162 e. The lowest BCUT2D eigenvalue weighted by Crippen LogP contribution is -2.17. The largest absolute Gasteiger partial charge is 0.497 e. The zero-order valence-corrected chi connectivity index (χ0v) is 15.2. The first-order chi connectivity index (χ1) is 11.7. The van der Waals surface area contributed by atoms with Crippen LogP contribution in [0, 0.1) is 0 Å². The maximum absolute atomic E-state index is 6.32. The summed E-state index contributed by atoms with van der Waals surface area (Å²) in [5, 5.41) is 4.09. The predicted molar refractivity (Wildman–Crippen MR) is 97.6 cm³/mol. The average molecular weight is 350 g/mol. The third-order valence-corrected chi connectivity index (χ3v) is 4.05. The molecule has 4 nitrogen and oxygen atoms in total. The van der Waals surface area contributed by atoms with Gasteiger partial charge < -0.3 is 19.5 Å². The minimum Gasteiger partial charge on any atom is -0.497 e. The Balaban J connectivity index is 1.90. The summed E-state index contributed by atoms with van der Waals surface area (Å²) in [7, 11) is 3.28. The van der Waals surface area contributed by atoms with Gasteiger partial charge in [-0.05, 0) is 49.2 Å². The number of hydrogen-bond donors (Lipinski definition) is 1. The second kappa shape index (κ2) is 9.40. The summed E-state index contributed by atoms with van der Waals surface area (Å²) in [4.78, 5) is 0. The molecule has 2 aromatic rings. The first-order valence-corrected chi connectivity index (χ1v) is 8.38. The van der Waals surface area contributed by atoms with E-state index in [2.05, 4.69) is 17.4 Å². The summed E-state index contributed by atoms with van der Waals surface area (Å²) >= 11 is 6.32. The molecule has 2 rings (SSSR count). The lowest BCUT2D eigenvalue weighted by Gasteiger charge is -2.13. The first kappa shape index (κ1) is 18.4. The summed E-state index contributed by atoms with van der Waals surface area (Å²) < 4.78 is 16.1. The van der Waals surface area contributed by atoms with Crippen molar-refractivity contribution < 1.29 is 14.2 Å². The van der Waals surface area contributed by atoms with Crippen molar-refractivity contribution in [1.82, 2.24) is 5.32 Å². The molecule has 0 saturated carbocycles. The molecule has 0 aromatic heterocycles. The van der Waals surface area contributed by atoms with Crippen LogP contribution in [0.3, 0.4) is 0 Å². The van der Waals surface area contributed by atoms with E-state index in [1.165, 1.54) is 5.56 Å². The minimum absolute atomic E-state index is 0.586. The van der Waals surface area contributed by atoms with Gasteiger partial charge in [-0.2, -0.15) is 0 Å². The molecule has 130 valence electrons. The van der Waals surface area contributed by atoms with E-state index in [0.29, 0.717) is 23.9 Å². The normalized spacial score (nSPS) is 10.5. The zero-order chi connectivity index (χ0) is 17.4. The molecule has 0 spiro atoms.